The van der Waals surface area contributed by atoms with Gasteiger partial charge in [0.25, 0.3) is 5.91 Å². The molecule has 2 aliphatic rings. The monoisotopic (exact) mass is 429 g/mol. The van der Waals surface area contributed by atoms with Crippen molar-refractivity contribution < 1.29 is 14.3 Å². The van der Waals surface area contributed by atoms with Gasteiger partial charge < -0.3 is 4.74 Å². The van der Waals surface area contributed by atoms with Gasteiger partial charge in [0.1, 0.15) is 0 Å². The summed E-state index contributed by atoms with van der Waals surface area (Å²) in [4.78, 5) is 30.3. The molecule has 4 nitrogen and oxygen atoms in total. The Bertz CT molecular complexity index is 1080. The maximum Gasteiger partial charge on any atom is 0.317 e. The predicted molar refractivity (Wildman–Crippen MR) is 122 cm³/mol. The number of para-hydroxylation sites is 2. The highest BCUT2D eigenvalue weighted by atomic mass is 32.2. The third-order valence-electron chi connectivity index (χ3n) is 6.18. The Balaban J connectivity index is 1.39. The number of nitrogens with zero attached hydrogens (tertiary/aromatic N) is 1. The maximum absolute atomic E-state index is 13.3. The number of fused-ring (bicyclic) bond motifs is 2. The van der Waals surface area contributed by atoms with E-state index in [4.69, 9.17) is 4.74 Å². The van der Waals surface area contributed by atoms with Crippen molar-refractivity contribution in [2.45, 2.75) is 40.9 Å². The van der Waals surface area contributed by atoms with Crippen LogP contribution in [0.4, 0.5) is 11.4 Å². The lowest BCUT2D eigenvalue weighted by atomic mass is 9.79. The molecule has 1 fully saturated rings. The lowest BCUT2D eigenvalue weighted by Crippen LogP contribution is -2.38. The molecule has 0 N–H and O–H groups in total. The first kappa shape index (κ1) is 19.9. The molecule has 0 atom stereocenters. The number of anilines is 2. The van der Waals surface area contributed by atoms with Crippen LogP contribution in [0.25, 0.3) is 0 Å². The van der Waals surface area contributed by atoms with E-state index in [1.165, 1.54) is 0 Å². The van der Waals surface area contributed by atoms with E-state index in [1.54, 1.807) is 16.7 Å². The van der Waals surface area contributed by atoms with Gasteiger partial charge in [0.2, 0.25) is 0 Å². The number of carbonyl (C=O) groups excluding carboxylic acids is 2. The Labute approximate surface area is 186 Å². The summed E-state index contributed by atoms with van der Waals surface area (Å²) in [6.45, 7) is -0.277. The molecule has 1 amide bonds. The van der Waals surface area contributed by atoms with Crippen LogP contribution in [0.5, 0.6) is 0 Å². The van der Waals surface area contributed by atoms with Crippen molar-refractivity contribution in [1.82, 2.24) is 0 Å². The summed E-state index contributed by atoms with van der Waals surface area (Å²) in [5.41, 5.74) is 1.99. The molecule has 3 aromatic carbocycles. The molecular weight excluding hydrogens is 406 g/mol. The van der Waals surface area contributed by atoms with Crippen LogP contribution in [0.15, 0.2) is 88.7 Å². The van der Waals surface area contributed by atoms with Gasteiger partial charge in [0.05, 0.1) is 16.8 Å². The molecule has 1 aliphatic heterocycles. The molecule has 0 unspecified atom stereocenters. The second-order valence-electron chi connectivity index (χ2n) is 8.00. The SMILES string of the molecule is O=C(COC(=O)C1(c2ccccc2)CCCC1)N1c2ccccc2Sc2ccccc21. The third-order valence-corrected chi connectivity index (χ3v) is 7.31. The second-order valence-corrected chi connectivity index (χ2v) is 9.08. The smallest absolute Gasteiger partial charge is 0.317 e. The zero-order valence-corrected chi connectivity index (χ0v) is 17.9. The van der Waals surface area contributed by atoms with E-state index < -0.39 is 5.41 Å². The van der Waals surface area contributed by atoms with Gasteiger partial charge in [-0.05, 0) is 42.7 Å². The van der Waals surface area contributed by atoms with Gasteiger partial charge in [-0.2, -0.15) is 0 Å². The molecule has 156 valence electrons. The molecule has 0 aromatic heterocycles. The summed E-state index contributed by atoms with van der Waals surface area (Å²) >= 11 is 1.64. The van der Waals surface area contributed by atoms with Crippen LogP contribution in [0.2, 0.25) is 0 Å². The fourth-order valence-electron chi connectivity index (χ4n) is 4.65. The highest BCUT2D eigenvalue weighted by Gasteiger charge is 2.44. The Morgan fingerprint density at radius 1 is 0.806 bits per heavy atom. The van der Waals surface area contributed by atoms with Crippen LogP contribution in [-0.4, -0.2) is 18.5 Å². The van der Waals surface area contributed by atoms with Crippen molar-refractivity contribution in [2.75, 3.05) is 11.5 Å². The number of ether oxygens (including phenoxy) is 1. The molecule has 5 rings (SSSR count). The fraction of sp³-hybridized carbons (Fsp3) is 0.231. The molecule has 3 aromatic rings. The van der Waals surface area contributed by atoms with Gasteiger partial charge in [-0.1, -0.05) is 79.2 Å². The minimum atomic E-state index is -0.644. The standard InChI is InChI=1S/C26H23NO3S/c28-24(18-30-25(29)26(16-8-9-17-26)19-10-2-1-3-11-19)27-20-12-4-6-14-22(20)31-23-15-7-5-13-21(23)27/h1-7,10-15H,8-9,16-18H2. The summed E-state index contributed by atoms with van der Waals surface area (Å²) < 4.78 is 5.69. The molecule has 5 heteroatoms. The molecule has 1 saturated carbocycles. The summed E-state index contributed by atoms with van der Waals surface area (Å²) in [6, 6.07) is 25.5. The van der Waals surface area contributed by atoms with Gasteiger partial charge in [0, 0.05) is 9.79 Å². The summed E-state index contributed by atoms with van der Waals surface area (Å²) in [5.74, 6) is -0.535. The van der Waals surface area contributed by atoms with E-state index >= 15 is 0 Å². The van der Waals surface area contributed by atoms with Crippen LogP contribution in [0.3, 0.4) is 0 Å². The molecule has 0 radical (unpaired) electrons. The zero-order valence-electron chi connectivity index (χ0n) is 17.1. The Morgan fingerprint density at radius 3 is 1.97 bits per heavy atom. The van der Waals surface area contributed by atoms with Crippen molar-refractivity contribution in [1.29, 1.82) is 0 Å². The average Bonchev–Trinajstić information content (AvgIpc) is 3.32. The maximum atomic E-state index is 13.3. The topological polar surface area (TPSA) is 46.6 Å². The quantitative estimate of drug-likeness (QED) is 0.487. The molecule has 1 aliphatic carbocycles. The highest BCUT2D eigenvalue weighted by molar-refractivity contribution is 7.99. The number of hydrogen-bond acceptors (Lipinski definition) is 4. The van der Waals surface area contributed by atoms with Crippen molar-refractivity contribution in [3.8, 4) is 0 Å². The number of rotatable bonds is 4. The predicted octanol–water partition coefficient (Wildman–Crippen LogP) is 5.87. The lowest BCUT2D eigenvalue weighted by molar-refractivity contribution is -0.153. The Kier molecular flexibility index (Phi) is 5.28. The number of benzene rings is 3. The molecule has 0 spiro atoms. The minimum Gasteiger partial charge on any atom is -0.455 e. The van der Waals surface area contributed by atoms with Crippen LogP contribution in [0, 0.1) is 0 Å². The first-order valence-electron chi connectivity index (χ1n) is 10.6. The molecule has 0 bridgehead atoms. The van der Waals surface area contributed by atoms with Gasteiger partial charge in [-0.15, -0.1) is 0 Å². The summed E-state index contributed by atoms with van der Waals surface area (Å²) in [7, 11) is 0. The van der Waals surface area contributed by atoms with E-state index in [-0.39, 0.29) is 18.5 Å². The van der Waals surface area contributed by atoms with Crippen molar-refractivity contribution >= 4 is 35.0 Å². The van der Waals surface area contributed by atoms with Crippen LogP contribution >= 0.6 is 11.8 Å². The molecular formula is C26H23NO3S. The molecule has 31 heavy (non-hydrogen) atoms. The molecule has 1 heterocycles. The van der Waals surface area contributed by atoms with E-state index in [0.717, 1.165) is 52.4 Å². The van der Waals surface area contributed by atoms with Gasteiger partial charge >= 0.3 is 5.97 Å². The zero-order chi connectivity index (χ0) is 21.3. The largest absolute Gasteiger partial charge is 0.455 e. The molecule has 0 saturated heterocycles. The summed E-state index contributed by atoms with van der Waals surface area (Å²) in [6.07, 6.45) is 3.50. The fourth-order valence-corrected chi connectivity index (χ4v) is 5.71. The van der Waals surface area contributed by atoms with E-state index in [9.17, 15) is 9.59 Å². The Hall–Kier alpha value is -3.05. The van der Waals surface area contributed by atoms with Crippen LogP contribution < -0.4 is 4.90 Å². The Morgan fingerprint density at radius 2 is 1.35 bits per heavy atom. The number of amides is 1. The highest BCUT2D eigenvalue weighted by Crippen LogP contribution is 2.48. The van der Waals surface area contributed by atoms with E-state index in [2.05, 4.69) is 0 Å². The van der Waals surface area contributed by atoms with Crippen molar-refractivity contribution in [2.24, 2.45) is 0 Å². The lowest BCUT2D eigenvalue weighted by Gasteiger charge is -2.31. The van der Waals surface area contributed by atoms with Crippen LogP contribution in [-0.2, 0) is 19.7 Å². The van der Waals surface area contributed by atoms with E-state index in [0.29, 0.717) is 0 Å². The van der Waals surface area contributed by atoms with Crippen LogP contribution in [0.1, 0.15) is 31.2 Å². The third kappa shape index (κ3) is 3.53. The van der Waals surface area contributed by atoms with Gasteiger partial charge in [-0.3, -0.25) is 14.5 Å². The van der Waals surface area contributed by atoms with E-state index in [1.807, 2.05) is 78.9 Å². The van der Waals surface area contributed by atoms with Crippen molar-refractivity contribution in [3.05, 3.63) is 84.4 Å². The summed E-state index contributed by atoms with van der Waals surface area (Å²) in [5, 5.41) is 0. The van der Waals surface area contributed by atoms with Gasteiger partial charge in [-0.25, -0.2) is 0 Å². The number of hydrogen-bond donors (Lipinski definition) is 0. The number of esters is 1. The first-order chi connectivity index (χ1) is 15.2. The minimum absolute atomic E-state index is 0.241. The average molecular weight is 430 g/mol. The second kappa shape index (κ2) is 8.23. The van der Waals surface area contributed by atoms with Gasteiger partial charge in [0.15, 0.2) is 6.61 Å². The number of carbonyl (C=O) groups is 2. The van der Waals surface area contributed by atoms with Crippen molar-refractivity contribution in [3.63, 3.8) is 0 Å². The normalized spacial score (nSPS) is 16.3. The first-order valence-corrected chi connectivity index (χ1v) is 11.4.